The summed E-state index contributed by atoms with van der Waals surface area (Å²) in [6.07, 6.45) is 3.61. The Bertz CT molecular complexity index is 1190. The van der Waals surface area contributed by atoms with Gasteiger partial charge in [0.25, 0.3) is 0 Å². The number of furan rings is 1. The lowest BCUT2D eigenvalue weighted by Gasteiger charge is -2.05. The fourth-order valence-corrected chi connectivity index (χ4v) is 3.37. The third-order valence-corrected chi connectivity index (χ3v) is 4.43. The normalized spacial score (nSPS) is 11.9. The first-order chi connectivity index (χ1) is 10.8. The standard InChI is InChI=1S/C19H10ClNO/c20-13-4-6-14-12(9-13)2-1-11-3-5-15-16-10-21-8-7-17(16)22-19(15)18(11)14/h1-10H. The lowest BCUT2D eigenvalue weighted by molar-refractivity contribution is 0.672. The summed E-state index contributed by atoms with van der Waals surface area (Å²) in [5.41, 5.74) is 1.77. The third-order valence-electron chi connectivity index (χ3n) is 4.20. The topological polar surface area (TPSA) is 26.0 Å². The zero-order valence-electron chi connectivity index (χ0n) is 11.5. The summed E-state index contributed by atoms with van der Waals surface area (Å²) >= 11 is 6.12. The van der Waals surface area contributed by atoms with E-state index < -0.39 is 0 Å². The van der Waals surface area contributed by atoms with Gasteiger partial charge in [0.05, 0.1) is 0 Å². The van der Waals surface area contributed by atoms with Crippen molar-refractivity contribution in [3.05, 3.63) is 65.9 Å². The predicted octanol–water partition coefficient (Wildman–Crippen LogP) is 5.94. The highest BCUT2D eigenvalue weighted by molar-refractivity contribution is 6.32. The van der Waals surface area contributed by atoms with Crippen molar-refractivity contribution >= 4 is 55.1 Å². The van der Waals surface area contributed by atoms with Crippen LogP contribution in [0.2, 0.25) is 5.02 Å². The molecule has 0 saturated heterocycles. The van der Waals surface area contributed by atoms with Gasteiger partial charge in [-0.15, -0.1) is 0 Å². The highest BCUT2D eigenvalue weighted by atomic mass is 35.5. The summed E-state index contributed by atoms with van der Waals surface area (Å²) in [6, 6.07) is 16.3. The number of fused-ring (bicyclic) bond motifs is 7. The Morgan fingerprint density at radius 1 is 0.818 bits per heavy atom. The van der Waals surface area contributed by atoms with Crippen molar-refractivity contribution in [2.24, 2.45) is 0 Å². The molecule has 0 aliphatic heterocycles. The average Bonchev–Trinajstić information content (AvgIpc) is 2.93. The quantitative estimate of drug-likeness (QED) is 0.331. The lowest BCUT2D eigenvalue weighted by Crippen LogP contribution is -1.79. The fourth-order valence-electron chi connectivity index (χ4n) is 3.19. The van der Waals surface area contributed by atoms with Gasteiger partial charge in [-0.25, -0.2) is 0 Å². The summed E-state index contributed by atoms with van der Waals surface area (Å²) in [4.78, 5) is 4.21. The molecule has 0 atom stereocenters. The lowest BCUT2D eigenvalue weighted by atomic mass is 10.00. The van der Waals surface area contributed by atoms with Gasteiger partial charge in [0, 0.05) is 33.6 Å². The van der Waals surface area contributed by atoms with Gasteiger partial charge < -0.3 is 4.42 Å². The van der Waals surface area contributed by atoms with Gasteiger partial charge >= 0.3 is 0 Å². The van der Waals surface area contributed by atoms with Crippen LogP contribution in [0.4, 0.5) is 0 Å². The average molecular weight is 304 g/mol. The minimum atomic E-state index is 0.743. The van der Waals surface area contributed by atoms with E-state index in [0.29, 0.717) is 0 Å². The predicted molar refractivity (Wildman–Crippen MR) is 91.5 cm³/mol. The Kier molecular flexibility index (Phi) is 2.30. The second-order valence-electron chi connectivity index (χ2n) is 5.45. The summed E-state index contributed by atoms with van der Waals surface area (Å²) in [5.74, 6) is 0. The van der Waals surface area contributed by atoms with E-state index in [4.69, 9.17) is 16.0 Å². The molecule has 22 heavy (non-hydrogen) atoms. The van der Waals surface area contributed by atoms with Crippen molar-refractivity contribution in [3.8, 4) is 0 Å². The molecule has 2 nitrogen and oxygen atoms in total. The van der Waals surface area contributed by atoms with Crippen molar-refractivity contribution < 1.29 is 4.42 Å². The molecule has 0 unspecified atom stereocenters. The van der Waals surface area contributed by atoms with Gasteiger partial charge in [-0.05, 0) is 40.4 Å². The van der Waals surface area contributed by atoms with Crippen LogP contribution >= 0.6 is 11.6 Å². The van der Waals surface area contributed by atoms with Crippen LogP contribution in [0.15, 0.2) is 65.3 Å². The monoisotopic (exact) mass is 303 g/mol. The maximum Gasteiger partial charge on any atom is 0.143 e. The molecule has 2 aromatic heterocycles. The zero-order chi connectivity index (χ0) is 14.7. The van der Waals surface area contributed by atoms with Gasteiger partial charge in [0.15, 0.2) is 0 Å². The van der Waals surface area contributed by atoms with Gasteiger partial charge in [-0.3, -0.25) is 4.98 Å². The number of rotatable bonds is 0. The summed E-state index contributed by atoms with van der Waals surface area (Å²) < 4.78 is 6.13. The van der Waals surface area contributed by atoms with Crippen LogP contribution in [0.25, 0.3) is 43.5 Å². The van der Waals surface area contributed by atoms with Crippen LogP contribution in [0.1, 0.15) is 0 Å². The maximum atomic E-state index is 6.13. The second-order valence-corrected chi connectivity index (χ2v) is 5.88. The third kappa shape index (κ3) is 1.53. The molecule has 0 bridgehead atoms. The van der Waals surface area contributed by atoms with Gasteiger partial charge in [-0.2, -0.15) is 0 Å². The smallest absolute Gasteiger partial charge is 0.143 e. The van der Waals surface area contributed by atoms with Gasteiger partial charge in [0.1, 0.15) is 11.2 Å². The molecule has 3 heteroatoms. The molecular weight excluding hydrogens is 294 g/mol. The second kappa shape index (κ2) is 4.21. The van der Waals surface area contributed by atoms with E-state index in [2.05, 4.69) is 35.3 Å². The highest BCUT2D eigenvalue weighted by Gasteiger charge is 2.12. The Balaban J connectivity index is 2.10. The minimum absolute atomic E-state index is 0.743. The first-order valence-electron chi connectivity index (χ1n) is 7.08. The van der Waals surface area contributed by atoms with Crippen molar-refractivity contribution in [3.63, 3.8) is 0 Å². The number of nitrogens with zero attached hydrogens (tertiary/aromatic N) is 1. The molecule has 2 heterocycles. The van der Waals surface area contributed by atoms with Crippen LogP contribution < -0.4 is 0 Å². The molecule has 0 saturated carbocycles. The first kappa shape index (κ1) is 12.0. The summed E-state index contributed by atoms with van der Waals surface area (Å²) in [5, 5.41) is 7.44. The molecule has 5 aromatic rings. The van der Waals surface area contributed by atoms with E-state index in [-0.39, 0.29) is 0 Å². The molecule has 0 spiro atoms. The molecule has 0 amide bonds. The van der Waals surface area contributed by atoms with Crippen LogP contribution in [-0.2, 0) is 0 Å². The Morgan fingerprint density at radius 2 is 1.64 bits per heavy atom. The van der Waals surface area contributed by atoms with E-state index in [1.807, 2.05) is 24.4 Å². The Labute approximate surface area is 130 Å². The Morgan fingerprint density at radius 3 is 2.59 bits per heavy atom. The van der Waals surface area contributed by atoms with Crippen LogP contribution in [0.3, 0.4) is 0 Å². The SMILES string of the molecule is Clc1ccc2c(ccc3ccc4c5cnccc5oc4c32)c1. The maximum absolute atomic E-state index is 6.13. The largest absolute Gasteiger partial charge is 0.455 e. The van der Waals surface area contributed by atoms with Crippen LogP contribution in [0, 0.1) is 0 Å². The molecule has 0 fully saturated rings. The van der Waals surface area contributed by atoms with Crippen LogP contribution in [0.5, 0.6) is 0 Å². The number of aromatic nitrogens is 1. The summed E-state index contributed by atoms with van der Waals surface area (Å²) in [6.45, 7) is 0. The van der Waals surface area contributed by atoms with E-state index in [1.54, 1.807) is 6.20 Å². The summed E-state index contributed by atoms with van der Waals surface area (Å²) in [7, 11) is 0. The number of pyridine rings is 1. The van der Waals surface area contributed by atoms with Crippen molar-refractivity contribution in [2.45, 2.75) is 0 Å². The number of hydrogen-bond donors (Lipinski definition) is 0. The molecule has 3 aromatic carbocycles. The van der Waals surface area contributed by atoms with Crippen molar-refractivity contribution in [1.29, 1.82) is 0 Å². The fraction of sp³-hybridized carbons (Fsp3) is 0. The van der Waals surface area contributed by atoms with Gasteiger partial charge in [-0.1, -0.05) is 35.9 Å². The Hall–Kier alpha value is -2.58. The number of hydrogen-bond acceptors (Lipinski definition) is 2. The van der Waals surface area contributed by atoms with Crippen LogP contribution in [-0.4, -0.2) is 4.98 Å². The van der Waals surface area contributed by atoms with E-state index in [0.717, 1.165) is 48.5 Å². The molecule has 104 valence electrons. The molecule has 0 radical (unpaired) electrons. The molecule has 0 N–H and O–H groups in total. The van der Waals surface area contributed by atoms with E-state index in [1.165, 1.54) is 0 Å². The minimum Gasteiger partial charge on any atom is -0.455 e. The molecular formula is C19H10ClNO. The molecule has 0 aliphatic carbocycles. The molecule has 5 rings (SSSR count). The highest BCUT2D eigenvalue weighted by Crippen LogP contribution is 2.37. The number of halogens is 1. The first-order valence-corrected chi connectivity index (χ1v) is 7.46. The van der Waals surface area contributed by atoms with E-state index >= 15 is 0 Å². The van der Waals surface area contributed by atoms with Crippen molar-refractivity contribution in [1.82, 2.24) is 4.98 Å². The van der Waals surface area contributed by atoms with Gasteiger partial charge in [0.2, 0.25) is 0 Å². The zero-order valence-corrected chi connectivity index (χ0v) is 12.3. The molecule has 0 aliphatic rings. The van der Waals surface area contributed by atoms with Crippen molar-refractivity contribution in [2.75, 3.05) is 0 Å². The number of benzene rings is 3. The van der Waals surface area contributed by atoms with E-state index in [9.17, 15) is 0 Å².